The standard InChI is InChI=1S/C13H15FO2/c1-16-13(15)12-8-10(14)7-11(12)9-5-3-2-4-6-9/h2-6,10-12H,7-8H2,1H3/t10-,11?,12-/m1/s1. The van der Waals surface area contributed by atoms with Crippen LogP contribution in [0.15, 0.2) is 30.3 Å². The fraction of sp³-hybridized carbons (Fsp3) is 0.462. The lowest BCUT2D eigenvalue weighted by molar-refractivity contribution is -0.145. The van der Waals surface area contributed by atoms with Gasteiger partial charge in [0.15, 0.2) is 0 Å². The second kappa shape index (κ2) is 4.64. The van der Waals surface area contributed by atoms with Gasteiger partial charge in [0.2, 0.25) is 0 Å². The molecule has 0 saturated heterocycles. The largest absolute Gasteiger partial charge is 0.469 e. The van der Waals surface area contributed by atoms with E-state index >= 15 is 0 Å². The Morgan fingerprint density at radius 3 is 2.62 bits per heavy atom. The van der Waals surface area contributed by atoms with Gasteiger partial charge in [-0.05, 0) is 18.4 Å². The maximum Gasteiger partial charge on any atom is 0.309 e. The Hall–Kier alpha value is -1.38. The molecule has 0 radical (unpaired) electrons. The van der Waals surface area contributed by atoms with Crippen LogP contribution in [-0.4, -0.2) is 19.3 Å². The molecular weight excluding hydrogens is 207 g/mol. The van der Waals surface area contributed by atoms with Crippen molar-refractivity contribution in [3.05, 3.63) is 35.9 Å². The minimum Gasteiger partial charge on any atom is -0.469 e. The summed E-state index contributed by atoms with van der Waals surface area (Å²) in [5.74, 6) is -0.667. The topological polar surface area (TPSA) is 26.3 Å². The third-order valence-corrected chi connectivity index (χ3v) is 3.24. The van der Waals surface area contributed by atoms with E-state index in [1.165, 1.54) is 7.11 Å². The summed E-state index contributed by atoms with van der Waals surface area (Å²) >= 11 is 0. The lowest BCUT2D eigenvalue weighted by atomic mass is 9.89. The minimum atomic E-state index is -0.894. The van der Waals surface area contributed by atoms with E-state index in [0.29, 0.717) is 6.42 Å². The third-order valence-electron chi connectivity index (χ3n) is 3.24. The van der Waals surface area contributed by atoms with Crippen molar-refractivity contribution >= 4 is 5.97 Å². The van der Waals surface area contributed by atoms with Gasteiger partial charge in [0.25, 0.3) is 0 Å². The average molecular weight is 222 g/mol. The smallest absolute Gasteiger partial charge is 0.309 e. The number of methoxy groups -OCH3 is 1. The molecule has 3 atom stereocenters. The Labute approximate surface area is 94.4 Å². The van der Waals surface area contributed by atoms with Gasteiger partial charge >= 0.3 is 5.97 Å². The highest BCUT2D eigenvalue weighted by molar-refractivity contribution is 5.74. The predicted octanol–water partition coefficient (Wildman–Crippen LogP) is 2.69. The number of hydrogen-bond donors (Lipinski definition) is 0. The van der Waals surface area contributed by atoms with Gasteiger partial charge in [0, 0.05) is 5.92 Å². The number of ether oxygens (including phenoxy) is 1. The molecule has 0 N–H and O–H groups in total. The van der Waals surface area contributed by atoms with Crippen LogP contribution in [-0.2, 0) is 9.53 Å². The molecular formula is C13H15FO2. The maximum absolute atomic E-state index is 13.4. The van der Waals surface area contributed by atoms with Crippen LogP contribution in [0.3, 0.4) is 0 Å². The summed E-state index contributed by atoms with van der Waals surface area (Å²) in [5.41, 5.74) is 1.03. The minimum absolute atomic E-state index is 0.0383. The predicted molar refractivity (Wildman–Crippen MR) is 58.8 cm³/mol. The highest BCUT2D eigenvalue weighted by Crippen LogP contribution is 2.41. The van der Waals surface area contributed by atoms with Crippen molar-refractivity contribution in [1.82, 2.24) is 0 Å². The van der Waals surface area contributed by atoms with Crippen LogP contribution in [0.1, 0.15) is 24.3 Å². The average Bonchev–Trinajstić information content (AvgIpc) is 2.71. The van der Waals surface area contributed by atoms with Gasteiger partial charge in [-0.2, -0.15) is 0 Å². The van der Waals surface area contributed by atoms with E-state index in [0.717, 1.165) is 5.56 Å². The quantitative estimate of drug-likeness (QED) is 0.719. The maximum atomic E-state index is 13.4. The third kappa shape index (κ3) is 2.08. The van der Waals surface area contributed by atoms with Crippen LogP contribution in [0.4, 0.5) is 4.39 Å². The molecule has 16 heavy (non-hydrogen) atoms. The van der Waals surface area contributed by atoms with Gasteiger partial charge in [-0.15, -0.1) is 0 Å². The van der Waals surface area contributed by atoms with E-state index in [2.05, 4.69) is 0 Å². The second-order valence-electron chi connectivity index (χ2n) is 4.22. The molecule has 0 spiro atoms. The normalized spacial score (nSPS) is 29.0. The molecule has 2 nitrogen and oxygen atoms in total. The first-order valence-electron chi connectivity index (χ1n) is 5.49. The van der Waals surface area contributed by atoms with Crippen LogP contribution < -0.4 is 0 Å². The SMILES string of the molecule is COC(=O)[C@@H]1C[C@H](F)CC1c1ccccc1. The molecule has 1 aromatic carbocycles. The number of alkyl halides is 1. The van der Waals surface area contributed by atoms with Gasteiger partial charge in [-0.25, -0.2) is 4.39 Å². The zero-order valence-corrected chi connectivity index (χ0v) is 9.23. The summed E-state index contributed by atoms with van der Waals surface area (Å²) in [6, 6.07) is 9.63. The molecule has 1 fully saturated rings. The molecule has 1 saturated carbocycles. The van der Waals surface area contributed by atoms with E-state index in [4.69, 9.17) is 4.74 Å². The molecule has 0 amide bonds. The summed E-state index contributed by atoms with van der Waals surface area (Å²) in [6.07, 6.45) is -0.190. The zero-order chi connectivity index (χ0) is 11.5. The van der Waals surface area contributed by atoms with E-state index in [-0.39, 0.29) is 24.2 Å². The number of halogens is 1. The van der Waals surface area contributed by atoms with Crippen molar-refractivity contribution < 1.29 is 13.9 Å². The van der Waals surface area contributed by atoms with Crippen LogP contribution in [0.2, 0.25) is 0 Å². The molecule has 1 aliphatic carbocycles. The molecule has 1 aromatic rings. The number of carbonyl (C=O) groups is 1. The van der Waals surface area contributed by atoms with E-state index in [1.54, 1.807) is 0 Å². The molecule has 1 aliphatic rings. The Morgan fingerprint density at radius 1 is 1.31 bits per heavy atom. The van der Waals surface area contributed by atoms with Crippen molar-refractivity contribution in [2.45, 2.75) is 24.9 Å². The summed E-state index contributed by atoms with van der Waals surface area (Å²) in [4.78, 5) is 11.6. The highest BCUT2D eigenvalue weighted by atomic mass is 19.1. The highest BCUT2D eigenvalue weighted by Gasteiger charge is 2.40. The Morgan fingerprint density at radius 2 is 2.00 bits per heavy atom. The lowest BCUT2D eigenvalue weighted by Crippen LogP contribution is -2.19. The van der Waals surface area contributed by atoms with E-state index in [1.807, 2.05) is 30.3 Å². The number of rotatable bonds is 2. The van der Waals surface area contributed by atoms with Gasteiger partial charge in [0.05, 0.1) is 13.0 Å². The van der Waals surface area contributed by atoms with Gasteiger partial charge in [0.1, 0.15) is 6.17 Å². The number of carbonyl (C=O) groups excluding carboxylic acids is 1. The van der Waals surface area contributed by atoms with Gasteiger partial charge in [-0.3, -0.25) is 4.79 Å². The first kappa shape index (κ1) is 11.1. The number of hydrogen-bond acceptors (Lipinski definition) is 2. The zero-order valence-electron chi connectivity index (χ0n) is 9.23. The first-order valence-corrected chi connectivity index (χ1v) is 5.49. The molecule has 0 aliphatic heterocycles. The van der Waals surface area contributed by atoms with Crippen LogP contribution in [0.5, 0.6) is 0 Å². The Balaban J connectivity index is 2.22. The van der Waals surface area contributed by atoms with Crippen LogP contribution in [0, 0.1) is 5.92 Å². The van der Waals surface area contributed by atoms with Crippen molar-refractivity contribution in [3.8, 4) is 0 Å². The molecule has 0 bridgehead atoms. The molecule has 86 valence electrons. The summed E-state index contributed by atoms with van der Waals surface area (Å²) in [7, 11) is 1.36. The van der Waals surface area contributed by atoms with Gasteiger partial charge in [-0.1, -0.05) is 30.3 Å². The molecule has 1 unspecified atom stereocenters. The lowest BCUT2D eigenvalue weighted by Gasteiger charge is -2.17. The molecule has 0 heterocycles. The number of esters is 1. The Bertz CT molecular complexity index is 363. The summed E-state index contributed by atoms with van der Waals surface area (Å²) < 4.78 is 18.1. The van der Waals surface area contributed by atoms with Crippen molar-refractivity contribution in [2.75, 3.05) is 7.11 Å². The second-order valence-corrected chi connectivity index (χ2v) is 4.22. The van der Waals surface area contributed by atoms with Crippen molar-refractivity contribution in [3.63, 3.8) is 0 Å². The van der Waals surface area contributed by atoms with Crippen LogP contribution >= 0.6 is 0 Å². The Kier molecular flexibility index (Phi) is 3.22. The summed E-state index contributed by atoms with van der Waals surface area (Å²) in [6.45, 7) is 0. The molecule has 2 rings (SSSR count). The van der Waals surface area contributed by atoms with Gasteiger partial charge < -0.3 is 4.74 Å². The van der Waals surface area contributed by atoms with E-state index in [9.17, 15) is 9.18 Å². The summed E-state index contributed by atoms with van der Waals surface area (Å²) in [5, 5.41) is 0. The van der Waals surface area contributed by atoms with E-state index < -0.39 is 6.17 Å². The monoisotopic (exact) mass is 222 g/mol. The van der Waals surface area contributed by atoms with Crippen molar-refractivity contribution in [2.24, 2.45) is 5.92 Å². The fourth-order valence-electron chi connectivity index (χ4n) is 2.46. The molecule has 3 heteroatoms. The van der Waals surface area contributed by atoms with Crippen molar-refractivity contribution in [1.29, 1.82) is 0 Å². The fourth-order valence-corrected chi connectivity index (χ4v) is 2.46. The molecule has 0 aromatic heterocycles. The number of benzene rings is 1. The first-order chi connectivity index (χ1) is 7.72. The van der Waals surface area contributed by atoms with Crippen LogP contribution in [0.25, 0.3) is 0 Å².